The van der Waals surface area contributed by atoms with Crippen molar-refractivity contribution in [3.05, 3.63) is 11.1 Å². The molecule has 0 saturated heterocycles. The molecule has 0 fully saturated rings. The third kappa shape index (κ3) is 4.20. The fourth-order valence-corrected chi connectivity index (χ4v) is 2.14. The normalized spacial score (nSPS) is 11.8. The molecule has 0 aromatic carbocycles. The lowest BCUT2D eigenvalue weighted by molar-refractivity contribution is -0.130. The zero-order valence-electron chi connectivity index (χ0n) is 11.6. The number of ether oxygens (including phenoxy) is 1. The van der Waals surface area contributed by atoms with Crippen molar-refractivity contribution in [2.75, 3.05) is 25.5 Å². The van der Waals surface area contributed by atoms with E-state index in [0.29, 0.717) is 18.3 Å². The Hall–Kier alpha value is -1.63. The SMILES string of the molecule is CCOC(=O)c1csc(NC(C)C(=O)N(C)CC)n1. The van der Waals surface area contributed by atoms with E-state index in [9.17, 15) is 9.59 Å². The predicted octanol–water partition coefficient (Wildman–Crippen LogP) is 1.60. The Morgan fingerprint density at radius 3 is 2.79 bits per heavy atom. The summed E-state index contributed by atoms with van der Waals surface area (Å²) in [4.78, 5) is 29.0. The van der Waals surface area contributed by atoms with Crippen LogP contribution in [0.2, 0.25) is 0 Å². The van der Waals surface area contributed by atoms with Gasteiger partial charge in [-0.25, -0.2) is 9.78 Å². The first-order chi connectivity index (χ1) is 8.99. The summed E-state index contributed by atoms with van der Waals surface area (Å²) >= 11 is 1.27. The van der Waals surface area contributed by atoms with Crippen molar-refractivity contribution in [1.82, 2.24) is 9.88 Å². The Bertz CT molecular complexity index is 447. The minimum absolute atomic E-state index is 0.0182. The van der Waals surface area contributed by atoms with Gasteiger partial charge < -0.3 is 15.0 Å². The van der Waals surface area contributed by atoms with Crippen LogP contribution in [0.1, 0.15) is 31.3 Å². The molecule has 0 spiro atoms. The molecular formula is C12H19N3O3S. The summed E-state index contributed by atoms with van der Waals surface area (Å²) in [5.74, 6) is -0.466. The van der Waals surface area contributed by atoms with Gasteiger partial charge in [-0.1, -0.05) is 0 Å². The molecule has 106 valence electrons. The molecule has 1 rings (SSSR count). The second-order valence-corrected chi connectivity index (χ2v) is 4.83. The van der Waals surface area contributed by atoms with E-state index in [1.165, 1.54) is 11.3 Å². The molecule has 1 aromatic heterocycles. The van der Waals surface area contributed by atoms with E-state index in [1.54, 1.807) is 31.2 Å². The number of likely N-dealkylation sites (N-methyl/N-ethyl adjacent to an activating group) is 1. The summed E-state index contributed by atoms with van der Waals surface area (Å²) < 4.78 is 4.85. The maximum atomic E-state index is 11.9. The van der Waals surface area contributed by atoms with Gasteiger partial charge in [0.05, 0.1) is 6.61 Å². The fraction of sp³-hybridized carbons (Fsp3) is 0.583. The van der Waals surface area contributed by atoms with Gasteiger partial charge in [-0.05, 0) is 20.8 Å². The number of esters is 1. The summed E-state index contributed by atoms with van der Waals surface area (Å²) in [6.45, 7) is 6.38. The number of hydrogen-bond donors (Lipinski definition) is 1. The molecule has 19 heavy (non-hydrogen) atoms. The van der Waals surface area contributed by atoms with E-state index >= 15 is 0 Å². The Balaban J connectivity index is 2.63. The minimum atomic E-state index is -0.448. The highest BCUT2D eigenvalue weighted by Crippen LogP contribution is 2.17. The quantitative estimate of drug-likeness (QED) is 0.804. The maximum absolute atomic E-state index is 11.9. The van der Waals surface area contributed by atoms with Gasteiger partial charge >= 0.3 is 5.97 Å². The van der Waals surface area contributed by atoms with E-state index in [4.69, 9.17) is 4.74 Å². The molecule has 1 aromatic rings. The Labute approximate surface area is 116 Å². The second-order valence-electron chi connectivity index (χ2n) is 3.98. The fourth-order valence-electron chi connectivity index (χ4n) is 1.37. The van der Waals surface area contributed by atoms with Gasteiger partial charge in [-0.3, -0.25) is 4.79 Å². The molecule has 6 nitrogen and oxygen atoms in total. The van der Waals surface area contributed by atoms with Gasteiger partial charge in [0.1, 0.15) is 6.04 Å². The van der Waals surface area contributed by atoms with Crippen molar-refractivity contribution in [3.63, 3.8) is 0 Å². The van der Waals surface area contributed by atoms with Crippen LogP contribution in [-0.4, -0.2) is 48.0 Å². The molecule has 0 aliphatic carbocycles. The van der Waals surface area contributed by atoms with Gasteiger partial charge in [-0.2, -0.15) is 0 Å². The Kier molecular flexibility index (Phi) is 5.75. The lowest BCUT2D eigenvalue weighted by atomic mass is 10.3. The number of rotatable bonds is 6. The molecule has 0 radical (unpaired) electrons. The number of carbonyl (C=O) groups excluding carboxylic acids is 2. The number of carbonyl (C=O) groups is 2. The average Bonchev–Trinajstić information content (AvgIpc) is 2.85. The third-order valence-corrected chi connectivity index (χ3v) is 3.32. The number of aromatic nitrogens is 1. The van der Waals surface area contributed by atoms with Crippen LogP contribution in [0.3, 0.4) is 0 Å². The van der Waals surface area contributed by atoms with Crippen molar-refractivity contribution in [1.29, 1.82) is 0 Å². The summed E-state index contributed by atoms with van der Waals surface area (Å²) in [7, 11) is 1.74. The van der Waals surface area contributed by atoms with Crippen LogP contribution in [0.4, 0.5) is 5.13 Å². The van der Waals surface area contributed by atoms with Gasteiger partial charge in [0.15, 0.2) is 10.8 Å². The van der Waals surface area contributed by atoms with Crippen LogP contribution in [0.5, 0.6) is 0 Å². The van der Waals surface area contributed by atoms with Crippen LogP contribution in [-0.2, 0) is 9.53 Å². The van der Waals surface area contributed by atoms with Crippen molar-refractivity contribution < 1.29 is 14.3 Å². The van der Waals surface area contributed by atoms with Crippen LogP contribution in [0, 0.1) is 0 Å². The second kappa shape index (κ2) is 7.08. The number of thiazole rings is 1. The topological polar surface area (TPSA) is 71.5 Å². The molecule has 0 aliphatic rings. The summed E-state index contributed by atoms with van der Waals surface area (Å²) in [6, 6.07) is -0.383. The lowest BCUT2D eigenvalue weighted by Gasteiger charge is -2.20. The first kappa shape index (κ1) is 15.4. The summed E-state index contributed by atoms with van der Waals surface area (Å²) in [6.07, 6.45) is 0. The highest BCUT2D eigenvalue weighted by atomic mass is 32.1. The van der Waals surface area contributed by atoms with Crippen LogP contribution in [0.15, 0.2) is 5.38 Å². The third-order valence-electron chi connectivity index (χ3n) is 2.55. The minimum Gasteiger partial charge on any atom is -0.461 e. The van der Waals surface area contributed by atoms with E-state index < -0.39 is 5.97 Å². The molecule has 0 aliphatic heterocycles. The first-order valence-corrected chi connectivity index (χ1v) is 7.01. The van der Waals surface area contributed by atoms with E-state index in [2.05, 4.69) is 10.3 Å². The van der Waals surface area contributed by atoms with Gasteiger partial charge in [0.2, 0.25) is 5.91 Å². The number of hydrogen-bond acceptors (Lipinski definition) is 6. The smallest absolute Gasteiger partial charge is 0.357 e. The van der Waals surface area contributed by atoms with Gasteiger partial charge in [-0.15, -0.1) is 11.3 Å². The highest BCUT2D eigenvalue weighted by Gasteiger charge is 2.18. The summed E-state index contributed by atoms with van der Waals surface area (Å²) in [5, 5.41) is 5.13. The van der Waals surface area contributed by atoms with Crippen LogP contribution < -0.4 is 5.32 Å². The summed E-state index contributed by atoms with van der Waals surface area (Å²) in [5.41, 5.74) is 0.262. The van der Waals surface area contributed by atoms with Gasteiger partial charge in [0, 0.05) is 19.0 Å². The van der Waals surface area contributed by atoms with Crippen LogP contribution >= 0.6 is 11.3 Å². The largest absolute Gasteiger partial charge is 0.461 e. The predicted molar refractivity (Wildman–Crippen MR) is 74.5 cm³/mol. The highest BCUT2D eigenvalue weighted by molar-refractivity contribution is 7.13. The molecule has 1 N–H and O–H groups in total. The first-order valence-electron chi connectivity index (χ1n) is 6.13. The van der Waals surface area contributed by atoms with E-state index in [0.717, 1.165) is 0 Å². The van der Waals surface area contributed by atoms with Gasteiger partial charge in [0.25, 0.3) is 0 Å². The van der Waals surface area contributed by atoms with E-state index in [1.807, 2.05) is 6.92 Å². The molecule has 1 unspecified atom stereocenters. The number of nitrogens with zero attached hydrogens (tertiary/aromatic N) is 2. The molecular weight excluding hydrogens is 266 g/mol. The monoisotopic (exact) mass is 285 g/mol. The van der Waals surface area contributed by atoms with Crippen molar-refractivity contribution in [3.8, 4) is 0 Å². The Morgan fingerprint density at radius 1 is 1.53 bits per heavy atom. The van der Waals surface area contributed by atoms with E-state index in [-0.39, 0.29) is 17.6 Å². The zero-order chi connectivity index (χ0) is 14.4. The lowest BCUT2D eigenvalue weighted by Crippen LogP contribution is -2.38. The molecule has 7 heteroatoms. The number of anilines is 1. The zero-order valence-corrected chi connectivity index (χ0v) is 12.4. The Morgan fingerprint density at radius 2 is 2.21 bits per heavy atom. The van der Waals surface area contributed by atoms with Crippen LogP contribution in [0.25, 0.3) is 0 Å². The molecule has 0 saturated carbocycles. The average molecular weight is 285 g/mol. The molecule has 0 bridgehead atoms. The van der Waals surface area contributed by atoms with Crippen molar-refractivity contribution in [2.24, 2.45) is 0 Å². The number of amides is 1. The molecule has 1 heterocycles. The standard InChI is InChI=1S/C12H19N3O3S/c1-5-15(4)10(16)8(3)13-12-14-9(7-19-12)11(17)18-6-2/h7-8H,5-6H2,1-4H3,(H,13,14). The maximum Gasteiger partial charge on any atom is 0.357 e. The number of nitrogens with one attached hydrogen (secondary N) is 1. The van der Waals surface area contributed by atoms with Crippen molar-refractivity contribution in [2.45, 2.75) is 26.8 Å². The molecule has 1 amide bonds. The van der Waals surface area contributed by atoms with Crippen molar-refractivity contribution >= 4 is 28.3 Å². The molecule has 1 atom stereocenters.